The number of benzene rings is 2. The summed E-state index contributed by atoms with van der Waals surface area (Å²) in [6.45, 7) is 0.196. The predicted octanol–water partition coefficient (Wildman–Crippen LogP) is 2.94. The Morgan fingerprint density at radius 2 is 1.95 bits per heavy atom. The number of halogens is 2. The zero-order valence-electron chi connectivity index (χ0n) is 9.73. The molecule has 0 aliphatic carbocycles. The predicted molar refractivity (Wildman–Crippen MR) is 71.6 cm³/mol. The Bertz CT molecular complexity index is 611. The van der Waals surface area contributed by atoms with Crippen molar-refractivity contribution >= 4 is 29.2 Å². The average Bonchev–Trinajstić information content (AvgIpc) is 2.40. The van der Waals surface area contributed by atoms with E-state index in [2.05, 4.69) is 0 Å². The molecule has 0 fully saturated rings. The van der Waals surface area contributed by atoms with Gasteiger partial charge in [-0.2, -0.15) is 0 Å². The standard InChI is InChI=1S/C14H10Cl2O3/c15-11-4-5-12(16)13(7-11)19-8-9-2-1-3-10(6-9)14(17)18/h1-7H,8H2,(H,17,18)/p-1. The molecule has 98 valence electrons. The molecule has 0 N–H and O–H groups in total. The van der Waals surface area contributed by atoms with Crippen molar-refractivity contribution in [3.05, 3.63) is 63.6 Å². The Kier molecular flexibility index (Phi) is 4.30. The van der Waals surface area contributed by atoms with Crippen molar-refractivity contribution in [2.75, 3.05) is 0 Å². The first kappa shape index (κ1) is 13.7. The number of aromatic carboxylic acids is 1. The molecule has 5 heteroatoms. The second-order valence-corrected chi connectivity index (χ2v) is 4.69. The number of hydrogen-bond acceptors (Lipinski definition) is 3. The monoisotopic (exact) mass is 295 g/mol. The number of ether oxygens (including phenoxy) is 1. The zero-order valence-corrected chi connectivity index (χ0v) is 11.2. The van der Waals surface area contributed by atoms with Crippen molar-refractivity contribution in [1.29, 1.82) is 0 Å². The van der Waals surface area contributed by atoms with Crippen LogP contribution in [0.3, 0.4) is 0 Å². The molecule has 2 aromatic carbocycles. The van der Waals surface area contributed by atoms with E-state index in [1.165, 1.54) is 12.1 Å². The van der Waals surface area contributed by atoms with Gasteiger partial charge in [-0.1, -0.05) is 41.4 Å². The highest BCUT2D eigenvalue weighted by Crippen LogP contribution is 2.28. The third-order valence-corrected chi connectivity index (χ3v) is 3.00. The summed E-state index contributed by atoms with van der Waals surface area (Å²) in [7, 11) is 0. The minimum atomic E-state index is -1.22. The molecule has 0 unspecified atom stereocenters. The normalized spacial score (nSPS) is 10.2. The number of carboxylic acids is 1. The molecular formula is C14H9Cl2O3-. The Hall–Kier alpha value is -1.71. The van der Waals surface area contributed by atoms with Gasteiger partial charge in [0, 0.05) is 11.1 Å². The van der Waals surface area contributed by atoms with E-state index in [-0.39, 0.29) is 12.2 Å². The first-order valence-electron chi connectivity index (χ1n) is 5.44. The largest absolute Gasteiger partial charge is 0.545 e. The highest BCUT2D eigenvalue weighted by atomic mass is 35.5. The molecular weight excluding hydrogens is 287 g/mol. The molecule has 0 saturated heterocycles. The zero-order chi connectivity index (χ0) is 13.8. The number of rotatable bonds is 4. The molecule has 0 bridgehead atoms. The third kappa shape index (κ3) is 3.63. The van der Waals surface area contributed by atoms with Crippen molar-refractivity contribution in [1.82, 2.24) is 0 Å². The van der Waals surface area contributed by atoms with E-state index in [1.807, 2.05) is 0 Å². The SMILES string of the molecule is O=C([O-])c1cccc(COc2cc(Cl)ccc2Cl)c1. The van der Waals surface area contributed by atoms with Crippen LogP contribution < -0.4 is 9.84 Å². The van der Waals surface area contributed by atoms with Crippen molar-refractivity contribution in [2.24, 2.45) is 0 Å². The van der Waals surface area contributed by atoms with Gasteiger partial charge in [0.2, 0.25) is 0 Å². The number of carbonyl (C=O) groups is 1. The summed E-state index contributed by atoms with van der Waals surface area (Å²) in [4.78, 5) is 10.7. The smallest absolute Gasteiger partial charge is 0.139 e. The average molecular weight is 296 g/mol. The van der Waals surface area contributed by atoms with Crippen LogP contribution in [0.2, 0.25) is 10.0 Å². The fraction of sp³-hybridized carbons (Fsp3) is 0.0714. The van der Waals surface area contributed by atoms with Crippen molar-refractivity contribution in [3.63, 3.8) is 0 Å². The maximum absolute atomic E-state index is 10.7. The quantitative estimate of drug-likeness (QED) is 0.871. The number of hydrogen-bond donors (Lipinski definition) is 0. The van der Waals surface area contributed by atoms with Gasteiger partial charge in [-0.3, -0.25) is 0 Å². The molecule has 0 atom stereocenters. The Morgan fingerprint density at radius 3 is 2.68 bits per heavy atom. The van der Waals surface area contributed by atoms with Gasteiger partial charge in [-0.05, 0) is 29.3 Å². The summed E-state index contributed by atoms with van der Waals surface area (Å²) in [5.74, 6) is -0.768. The molecule has 0 aliphatic heterocycles. The van der Waals surface area contributed by atoms with Crippen LogP contribution in [-0.4, -0.2) is 5.97 Å². The lowest BCUT2D eigenvalue weighted by Crippen LogP contribution is -2.22. The van der Waals surface area contributed by atoms with Gasteiger partial charge >= 0.3 is 0 Å². The first-order chi connectivity index (χ1) is 9.06. The highest BCUT2D eigenvalue weighted by molar-refractivity contribution is 6.34. The van der Waals surface area contributed by atoms with Gasteiger partial charge in [0.1, 0.15) is 12.4 Å². The summed E-state index contributed by atoms with van der Waals surface area (Å²) in [6, 6.07) is 11.2. The maximum Gasteiger partial charge on any atom is 0.139 e. The van der Waals surface area contributed by atoms with E-state index < -0.39 is 5.97 Å². The van der Waals surface area contributed by atoms with Gasteiger partial charge in [0.25, 0.3) is 0 Å². The summed E-state index contributed by atoms with van der Waals surface area (Å²) in [6.07, 6.45) is 0. The lowest BCUT2D eigenvalue weighted by atomic mass is 10.1. The molecule has 3 nitrogen and oxygen atoms in total. The molecule has 19 heavy (non-hydrogen) atoms. The van der Waals surface area contributed by atoms with Crippen LogP contribution in [0.5, 0.6) is 5.75 Å². The van der Waals surface area contributed by atoms with Crippen LogP contribution in [0.1, 0.15) is 15.9 Å². The summed E-state index contributed by atoms with van der Waals surface area (Å²) < 4.78 is 5.51. The Labute approximate surface area is 120 Å². The fourth-order valence-electron chi connectivity index (χ4n) is 1.54. The van der Waals surface area contributed by atoms with Crippen molar-refractivity contribution < 1.29 is 14.6 Å². The minimum Gasteiger partial charge on any atom is -0.545 e. The van der Waals surface area contributed by atoms with E-state index in [4.69, 9.17) is 27.9 Å². The first-order valence-corrected chi connectivity index (χ1v) is 6.20. The van der Waals surface area contributed by atoms with Crippen molar-refractivity contribution in [3.8, 4) is 5.75 Å². The van der Waals surface area contributed by atoms with E-state index in [0.717, 1.165) is 0 Å². The number of carbonyl (C=O) groups excluding carboxylic acids is 1. The van der Waals surface area contributed by atoms with Crippen LogP contribution in [-0.2, 0) is 6.61 Å². The molecule has 2 aromatic rings. The second-order valence-electron chi connectivity index (χ2n) is 3.85. The lowest BCUT2D eigenvalue weighted by Gasteiger charge is -2.10. The maximum atomic E-state index is 10.7. The van der Waals surface area contributed by atoms with Gasteiger partial charge in [0.15, 0.2) is 0 Å². The molecule has 0 spiro atoms. The Balaban J connectivity index is 2.12. The summed E-state index contributed by atoms with van der Waals surface area (Å²) >= 11 is 11.8. The van der Waals surface area contributed by atoms with E-state index in [1.54, 1.807) is 30.3 Å². The molecule has 0 radical (unpaired) electrons. The van der Waals surface area contributed by atoms with Crippen LogP contribution >= 0.6 is 23.2 Å². The van der Waals surface area contributed by atoms with Crippen LogP contribution in [0.4, 0.5) is 0 Å². The topological polar surface area (TPSA) is 49.4 Å². The van der Waals surface area contributed by atoms with Gasteiger partial charge < -0.3 is 14.6 Å². The van der Waals surface area contributed by atoms with Gasteiger partial charge in [-0.15, -0.1) is 0 Å². The molecule has 0 amide bonds. The molecule has 0 aromatic heterocycles. The molecule has 0 heterocycles. The summed E-state index contributed by atoms with van der Waals surface area (Å²) in [5.41, 5.74) is 0.816. The van der Waals surface area contributed by atoms with Crippen LogP contribution in [0.25, 0.3) is 0 Å². The molecule has 0 aliphatic rings. The fourth-order valence-corrected chi connectivity index (χ4v) is 1.87. The molecule has 2 rings (SSSR count). The van der Waals surface area contributed by atoms with E-state index in [0.29, 0.717) is 21.4 Å². The second kappa shape index (κ2) is 5.95. The van der Waals surface area contributed by atoms with E-state index >= 15 is 0 Å². The molecule has 0 saturated carbocycles. The lowest BCUT2D eigenvalue weighted by molar-refractivity contribution is -0.255. The highest BCUT2D eigenvalue weighted by Gasteiger charge is 2.04. The van der Waals surface area contributed by atoms with E-state index in [9.17, 15) is 9.90 Å². The third-order valence-electron chi connectivity index (χ3n) is 2.45. The summed E-state index contributed by atoms with van der Waals surface area (Å²) in [5, 5.41) is 11.7. The van der Waals surface area contributed by atoms with Gasteiger partial charge in [-0.25, -0.2) is 0 Å². The van der Waals surface area contributed by atoms with Gasteiger partial charge in [0.05, 0.1) is 11.0 Å². The van der Waals surface area contributed by atoms with Crippen LogP contribution in [0, 0.1) is 0 Å². The minimum absolute atomic E-state index is 0.110. The number of carboxylic acid groups (broad SMARTS) is 1. The van der Waals surface area contributed by atoms with Crippen molar-refractivity contribution in [2.45, 2.75) is 6.61 Å². The van der Waals surface area contributed by atoms with Crippen LogP contribution in [0.15, 0.2) is 42.5 Å². The Morgan fingerprint density at radius 1 is 1.16 bits per heavy atom.